The second kappa shape index (κ2) is 7.30. The molecule has 0 N–H and O–H groups in total. The van der Waals surface area contributed by atoms with E-state index in [0.717, 1.165) is 20.0 Å². The van der Waals surface area contributed by atoms with Gasteiger partial charge in [-0.1, -0.05) is 72.8 Å². The molecule has 0 amide bonds. The van der Waals surface area contributed by atoms with Crippen molar-refractivity contribution in [3.05, 3.63) is 143 Å². The van der Waals surface area contributed by atoms with Gasteiger partial charge >= 0.3 is 0 Å². The molecule has 0 atom stereocenters. The van der Waals surface area contributed by atoms with Gasteiger partial charge in [-0.25, -0.2) is 0 Å². The molecule has 3 aromatic carbocycles. The predicted octanol–water partition coefficient (Wildman–Crippen LogP) is 5.74. The second-order valence-corrected chi connectivity index (χ2v) is 13.1. The third-order valence-electron chi connectivity index (χ3n) is 11.5. The van der Waals surface area contributed by atoms with E-state index in [1.807, 2.05) is 0 Å². The average Bonchev–Trinajstić information content (AvgIpc) is 3.80. The fraction of sp³-hybridized carbons (Fsp3) is 0.314. The van der Waals surface area contributed by atoms with Gasteiger partial charge in [0.1, 0.15) is 17.0 Å². The van der Waals surface area contributed by atoms with E-state index < -0.39 is 17.0 Å². The smallest absolute Gasteiger partial charge is 0.138 e. The maximum absolute atomic E-state index is 2.53. The highest BCUT2D eigenvalue weighted by Gasteiger charge is 2.53. The maximum atomic E-state index is 2.53. The molecule has 0 aromatic heterocycles. The number of hydrogen-bond acceptors (Lipinski definition) is 6. The SMILES string of the molecule is CC12c3cccc(c3)C3(C)N4C=CN(C4)C(C)(c4cccc1c4)N1C=CN(C1)C(C)(c1cccc2c1)N1C=CN3C1. The molecule has 7 aliphatic heterocycles. The lowest BCUT2D eigenvalue weighted by Gasteiger charge is -2.54. The van der Waals surface area contributed by atoms with Crippen molar-refractivity contribution >= 4 is 0 Å². The molecule has 10 rings (SSSR count). The molecule has 0 unspecified atom stereocenters. The summed E-state index contributed by atoms with van der Waals surface area (Å²) in [5.41, 5.74) is 6.31. The Hall–Kier alpha value is -4.32. The molecule has 6 nitrogen and oxygen atoms in total. The van der Waals surface area contributed by atoms with Crippen molar-refractivity contribution in [2.75, 3.05) is 20.0 Å². The zero-order chi connectivity index (χ0) is 27.8. The lowest BCUT2D eigenvalue weighted by molar-refractivity contribution is -0.101. The molecule has 1 saturated heterocycles. The van der Waals surface area contributed by atoms with Crippen LogP contribution in [0.5, 0.6) is 0 Å². The van der Waals surface area contributed by atoms with Gasteiger partial charge < -0.3 is 29.4 Å². The van der Waals surface area contributed by atoms with Gasteiger partial charge in [-0.2, -0.15) is 0 Å². The number of hydrogen-bond donors (Lipinski definition) is 0. The topological polar surface area (TPSA) is 19.4 Å². The molecule has 0 radical (unpaired) electrons. The zero-order valence-electron chi connectivity index (χ0n) is 24.2. The molecule has 0 aliphatic carbocycles. The van der Waals surface area contributed by atoms with Crippen LogP contribution in [-0.4, -0.2) is 49.4 Å². The minimum absolute atomic E-state index is 0.353. The van der Waals surface area contributed by atoms with Gasteiger partial charge in [0, 0.05) is 42.6 Å². The number of nitrogens with zero attached hydrogens (tertiary/aromatic N) is 6. The monoisotopic (exact) mass is 540 g/mol. The van der Waals surface area contributed by atoms with Gasteiger partial charge in [-0.05, 0) is 61.1 Å². The summed E-state index contributed by atoms with van der Waals surface area (Å²) in [4.78, 5) is 15.2. The highest BCUT2D eigenvalue weighted by molar-refractivity contribution is 5.54. The van der Waals surface area contributed by atoms with Crippen LogP contribution in [0.3, 0.4) is 0 Å². The van der Waals surface area contributed by atoms with E-state index in [9.17, 15) is 0 Å². The van der Waals surface area contributed by atoms with Crippen LogP contribution in [0.2, 0.25) is 0 Å². The summed E-state index contributed by atoms with van der Waals surface area (Å²) in [6.45, 7) is 12.0. The Labute approximate surface area is 242 Å². The first-order chi connectivity index (χ1) is 19.8. The van der Waals surface area contributed by atoms with E-state index >= 15 is 0 Å². The van der Waals surface area contributed by atoms with Gasteiger partial charge in [-0.3, -0.25) is 0 Å². The average molecular weight is 541 g/mol. The Morgan fingerprint density at radius 2 is 0.634 bits per heavy atom. The Balaban J connectivity index is 1.50. The van der Waals surface area contributed by atoms with E-state index in [-0.39, 0.29) is 5.41 Å². The first kappa shape index (κ1) is 23.4. The van der Waals surface area contributed by atoms with Gasteiger partial charge in [0.25, 0.3) is 0 Å². The minimum Gasteiger partial charge on any atom is -0.332 e. The Morgan fingerprint density at radius 1 is 0.390 bits per heavy atom. The van der Waals surface area contributed by atoms with E-state index in [1.165, 1.54) is 33.4 Å². The normalized spacial score (nSPS) is 33.4. The Bertz CT molecular complexity index is 1470. The predicted molar refractivity (Wildman–Crippen MR) is 160 cm³/mol. The summed E-state index contributed by atoms with van der Waals surface area (Å²) in [6.07, 6.45) is 13.9. The molecule has 16 bridgehead atoms. The molecule has 0 saturated carbocycles. The fourth-order valence-electron chi connectivity index (χ4n) is 8.32. The van der Waals surface area contributed by atoms with Gasteiger partial charge in [0.2, 0.25) is 0 Å². The molecule has 7 heterocycles. The fourth-order valence-corrected chi connectivity index (χ4v) is 8.32. The van der Waals surface area contributed by atoms with Crippen molar-refractivity contribution in [1.29, 1.82) is 0 Å². The van der Waals surface area contributed by atoms with Gasteiger partial charge in [-0.15, -0.1) is 0 Å². The molecule has 1 fully saturated rings. The number of benzene rings is 3. The van der Waals surface area contributed by atoms with Crippen LogP contribution in [0.25, 0.3) is 0 Å². The Kier molecular flexibility index (Phi) is 4.16. The van der Waals surface area contributed by atoms with E-state index in [0.29, 0.717) is 0 Å². The molecular formula is C35H36N6. The quantitative estimate of drug-likeness (QED) is 0.360. The standard InChI is InChI=1S/C35H36N6/c1-32-26-8-5-11-29(20-26)33(2)36-14-16-38(23-36)34(3,30-12-6-9-27(32)21-30)40-18-19-41(25-40)35(4,39-17-15-37(33)24-39)31-13-7-10-28(32)22-31/h5-22H,23-25H2,1-4H3. The molecule has 206 valence electrons. The summed E-state index contributed by atoms with van der Waals surface area (Å²) < 4.78 is 0. The molecule has 6 heteroatoms. The van der Waals surface area contributed by atoms with E-state index in [1.54, 1.807) is 0 Å². The maximum Gasteiger partial charge on any atom is 0.138 e. The van der Waals surface area contributed by atoms with Crippen molar-refractivity contribution in [2.45, 2.75) is 50.1 Å². The van der Waals surface area contributed by atoms with Gasteiger partial charge in [0.15, 0.2) is 0 Å². The third kappa shape index (κ3) is 2.60. The summed E-state index contributed by atoms with van der Waals surface area (Å²) in [6, 6.07) is 28.2. The first-order valence-electron chi connectivity index (χ1n) is 14.8. The third-order valence-corrected chi connectivity index (χ3v) is 11.5. The highest BCUT2D eigenvalue weighted by atomic mass is 15.6. The highest BCUT2D eigenvalue weighted by Crippen LogP contribution is 2.51. The van der Waals surface area contributed by atoms with E-state index in [2.05, 4.69) is 167 Å². The second-order valence-electron chi connectivity index (χ2n) is 13.1. The van der Waals surface area contributed by atoms with Crippen molar-refractivity contribution in [3.63, 3.8) is 0 Å². The summed E-state index contributed by atoms with van der Waals surface area (Å²) in [5, 5.41) is 0. The van der Waals surface area contributed by atoms with Crippen LogP contribution in [0.15, 0.2) is 110 Å². The summed E-state index contributed by atoms with van der Waals surface area (Å²) in [5.74, 6) is 0. The van der Waals surface area contributed by atoms with Crippen molar-refractivity contribution < 1.29 is 0 Å². The van der Waals surface area contributed by atoms with Crippen LogP contribution < -0.4 is 0 Å². The Morgan fingerprint density at radius 3 is 0.902 bits per heavy atom. The van der Waals surface area contributed by atoms with Crippen LogP contribution in [-0.2, 0) is 22.4 Å². The largest absolute Gasteiger partial charge is 0.332 e. The van der Waals surface area contributed by atoms with Crippen LogP contribution in [0.4, 0.5) is 0 Å². The summed E-state index contributed by atoms with van der Waals surface area (Å²) >= 11 is 0. The first-order valence-corrected chi connectivity index (χ1v) is 14.8. The molecular weight excluding hydrogens is 504 g/mol. The van der Waals surface area contributed by atoms with Crippen molar-refractivity contribution in [1.82, 2.24) is 29.4 Å². The van der Waals surface area contributed by atoms with Crippen LogP contribution in [0.1, 0.15) is 61.1 Å². The lowest BCUT2D eigenvalue weighted by Crippen LogP contribution is -2.61. The van der Waals surface area contributed by atoms with Crippen LogP contribution >= 0.6 is 0 Å². The van der Waals surface area contributed by atoms with Crippen molar-refractivity contribution in [2.24, 2.45) is 0 Å². The number of rotatable bonds is 0. The zero-order valence-corrected chi connectivity index (χ0v) is 24.2. The molecule has 41 heavy (non-hydrogen) atoms. The van der Waals surface area contributed by atoms with Crippen molar-refractivity contribution in [3.8, 4) is 0 Å². The molecule has 0 spiro atoms. The van der Waals surface area contributed by atoms with Crippen LogP contribution in [0, 0.1) is 0 Å². The molecule has 3 aromatic rings. The minimum atomic E-state index is -0.397. The molecule has 7 aliphatic rings. The van der Waals surface area contributed by atoms with E-state index in [4.69, 9.17) is 0 Å². The van der Waals surface area contributed by atoms with Gasteiger partial charge in [0.05, 0.1) is 20.0 Å². The lowest BCUT2D eigenvalue weighted by atomic mass is 9.69. The summed E-state index contributed by atoms with van der Waals surface area (Å²) in [7, 11) is 0.